The second-order valence-corrected chi connectivity index (χ2v) is 7.52. The van der Waals surface area contributed by atoms with E-state index in [2.05, 4.69) is 14.8 Å². The Morgan fingerprint density at radius 1 is 1.06 bits per heavy atom. The van der Waals surface area contributed by atoms with Crippen LogP contribution in [-0.4, -0.2) is 25.6 Å². The minimum Gasteiger partial charge on any atom is -0.384 e. The summed E-state index contributed by atoms with van der Waals surface area (Å²) >= 11 is 0. The van der Waals surface area contributed by atoms with Gasteiger partial charge >= 0.3 is 0 Å². The molecule has 0 saturated heterocycles. The Hall–Kier alpha value is -4.26. The van der Waals surface area contributed by atoms with Gasteiger partial charge in [0.15, 0.2) is 0 Å². The topological polar surface area (TPSA) is 113 Å². The lowest BCUT2D eigenvalue weighted by atomic mass is 10.0. The van der Waals surface area contributed by atoms with E-state index in [0.717, 1.165) is 39.1 Å². The maximum absolute atomic E-state index is 12.1. The highest BCUT2D eigenvalue weighted by Gasteiger charge is 2.13. The molecule has 2 aromatic heterocycles. The zero-order valence-corrected chi connectivity index (χ0v) is 16.9. The van der Waals surface area contributed by atoms with E-state index in [1.54, 1.807) is 6.07 Å². The number of nitrogens with zero attached hydrogens (tertiary/aromatic N) is 3. The van der Waals surface area contributed by atoms with Crippen LogP contribution in [0.15, 0.2) is 71.5 Å². The number of hydrogen-bond acceptors (Lipinski definition) is 4. The zero-order chi connectivity index (χ0) is 21.5. The maximum Gasteiger partial charge on any atom is 0.272 e. The first-order valence-electron chi connectivity index (χ1n) is 9.88. The number of amidine groups is 1. The largest absolute Gasteiger partial charge is 0.384 e. The zero-order valence-electron chi connectivity index (χ0n) is 16.9. The van der Waals surface area contributed by atoms with Crippen molar-refractivity contribution in [1.29, 1.82) is 5.41 Å². The number of imidazole rings is 1. The SMILES string of the molecule is Cn1c(Cc2ccc(C(=N)N)cc2)nc2cc(-c3n[nH]c(=O)c4ccccc34)ccc21. The summed E-state index contributed by atoms with van der Waals surface area (Å²) < 4.78 is 2.08. The standard InChI is InChI=1S/C24H20N6O/c1-30-20-11-10-16(22-17-4-2-3-5-18(17)24(31)29-28-22)13-19(20)27-21(30)12-14-6-8-15(9-7-14)23(25)26/h2-11,13H,12H2,1H3,(H3,25,26)(H,29,31). The highest BCUT2D eigenvalue weighted by molar-refractivity contribution is 5.96. The maximum atomic E-state index is 12.1. The normalized spacial score (nSPS) is 11.3. The van der Waals surface area contributed by atoms with Crippen molar-refractivity contribution in [3.8, 4) is 11.3 Å². The number of hydrogen-bond donors (Lipinski definition) is 3. The van der Waals surface area contributed by atoms with Crippen molar-refractivity contribution in [2.75, 3.05) is 0 Å². The van der Waals surface area contributed by atoms with Gasteiger partial charge in [-0.1, -0.05) is 48.5 Å². The summed E-state index contributed by atoms with van der Waals surface area (Å²) in [4.78, 5) is 16.9. The second-order valence-electron chi connectivity index (χ2n) is 7.52. The Bertz CT molecular complexity index is 1510. The fourth-order valence-corrected chi connectivity index (χ4v) is 3.87. The number of rotatable bonds is 4. The van der Waals surface area contributed by atoms with Crippen molar-refractivity contribution < 1.29 is 0 Å². The Kier molecular flexibility index (Phi) is 4.36. The average molecular weight is 408 g/mol. The van der Waals surface area contributed by atoms with E-state index >= 15 is 0 Å². The molecule has 3 aromatic carbocycles. The van der Waals surface area contributed by atoms with Crippen LogP contribution in [-0.2, 0) is 13.5 Å². The van der Waals surface area contributed by atoms with Gasteiger partial charge in [0.1, 0.15) is 11.7 Å². The number of fused-ring (bicyclic) bond motifs is 2. The molecule has 0 fully saturated rings. The van der Waals surface area contributed by atoms with E-state index in [1.807, 2.05) is 67.7 Å². The summed E-state index contributed by atoms with van der Waals surface area (Å²) in [5.74, 6) is 0.993. The van der Waals surface area contributed by atoms with Crippen LogP contribution in [0.5, 0.6) is 0 Å². The van der Waals surface area contributed by atoms with Gasteiger partial charge in [0.2, 0.25) is 0 Å². The number of aryl methyl sites for hydroxylation is 1. The number of nitrogens with two attached hydrogens (primary N) is 1. The van der Waals surface area contributed by atoms with Gasteiger partial charge in [-0.05, 0) is 23.8 Å². The molecular formula is C24H20N6O. The monoisotopic (exact) mass is 408 g/mol. The molecular weight excluding hydrogens is 388 g/mol. The lowest BCUT2D eigenvalue weighted by Gasteiger charge is -2.06. The van der Waals surface area contributed by atoms with Crippen LogP contribution < -0.4 is 11.3 Å². The van der Waals surface area contributed by atoms with E-state index < -0.39 is 0 Å². The molecule has 152 valence electrons. The number of H-pyrrole nitrogens is 1. The van der Waals surface area contributed by atoms with Crippen LogP contribution in [0, 0.1) is 5.41 Å². The van der Waals surface area contributed by atoms with Gasteiger partial charge < -0.3 is 10.3 Å². The van der Waals surface area contributed by atoms with Crippen molar-refractivity contribution in [2.45, 2.75) is 6.42 Å². The molecule has 0 spiro atoms. The predicted molar refractivity (Wildman–Crippen MR) is 122 cm³/mol. The summed E-state index contributed by atoms with van der Waals surface area (Å²) in [6, 6.07) is 21.1. The van der Waals surface area contributed by atoms with Crippen molar-refractivity contribution in [1.82, 2.24) is 19.7 Å². The number of nitrogen functional groups attached to an aromatic ring is 1. The van der Waals surface area contributed by atoms with Gasteiger partial charge in [0.05, 0.1) is 22.1 Å². The molecule has 7 nitrogen and oxygen atoms in total. The minimum atomic E-state index is -0.198. The smallest absolute Gasteiger partial charge is 0.272 e. The van der Waals surface area contributed by atoms with Crippen LogP contribution in [0.1, 0.15) is 17.0 Å². The molecule has 0 aliphatic rings. The van der Waals surface area contributed by atoms with Gasteiger partial charge in [0.25, 0.3) is 5.56 Å². The fourth-order valence-electron chi connectivity index (χ4n) is 3.87. The van der Waals surface area contributed by atoms with E-state index in [0.29, 0.717) is 17.4 Å². The van der Waals surface area contributed by atoms with Gasteiger partial charge in [-0.3, -0.25) is 10.2 Å². The van der Waals surface area contributed by atoms with E-state index in [1.165, 1.54) is 0 Å². The van der Waals surface area contributed by atoms with Crippen LogP contribution in [0.3, 0.4) is 0 Å². The van der Waals surface area contributed by atoms with Crippen LogP contribution in [0.4, 0.5) is 0 Å². The first-order valence-corrected chi connectivity index (χ1v) is 9.88. The molecule has 0 saturated carbocycles. The quantitative estimate of drug-likeness (QED) is 0.313. The van der Waals surface area contributed by atoms with Crippen molar-refractivity contribution >= 4 is 27.6 Å². The number of aromatic amines is 1. The molecule has 0 aliphatic heterocycles. The van der Waals surface area contributed by atoms with Gasteiger partial charge in [-0.2, -0.15) is 5.10 Å². The molecule has 5 aromatic rings. The third-order valence-electron chi connectivity index (χ3n) is 5.57. The molecule has 0 atom stereocenters. The lowest BCUT2D eigenvalue weighted by molar-refractivity contribution is 0.844. The first-order chi connectivity index (χ1) is 15.0. The average Bonchev–Trinajstić information content (AvgIpc) is 3.09. The molecule has 0 radical (unpaired) electrons. The second kappa shape index (κ2) is 7.21. The van der Waals surface area contributed by atoms with Gasteiger partial charge in [0, 0.05) is 30.0 Å². The summed E-state index contributed by atoms with van der Waals surface area (Å²) in [5.41, 5.74) is 10.7. The summed E-state index contributed by atoms with van der Waals surface area (Å²) in [5, 5.41) is 15.8. The Labute approximate surface area is 177 Å². The van der Waals surface area contributed by atoms with Gasteiger partial charge in [-0.15, -0.1) is 0 Å². The summed E-state index contributed by atoms with van der Waals surface area (Å²) in [7, 11) is 2.00. The Morgan fingerprint density at radius 2 is 1.81 bits per heavy atom. The van der Waals surface area contributed by atoms with E-state index in [4.69, 9.17) is 16.1 Å². The number of nitrogens with one attached hydrogen (secondary N) is 2. The van der Waals surface area contributed by atoms with Crippen LogP contribution >= 0.6 is 0 Å². The lowest BCUT2D eigenvalue weighted by Crippen LogP contribution is -2.10. The minimum absolute atomic E-state index is 0.0604. The van der Waals surface area contributed by atoms with Gasteiger partial charge in [-0.25, -0.2) is 10.1 Å². The summed E-state index contributed by atoms with van der Waals surface area (Å²) in [6.45, 7) is 0. The highest BCUT2D eigenvalue weighted by atomic mass is 16.1. The number of aromatic nitrogens is 4. The number of benzene rings is 3. The van der Waals surface area contributed by atoms with E-state index in [-0.39, 0.29) is 11.4 Å². The fraction of sp³-hybridized carbons (Fsp3) is 0.0833. The molecule has 31 heavy (non-hydrogen) atoms. The van der Waals surface area contributed by atoms with E-state index in [9.17, 15) is 4.79 Å². The molecule has 0 aliphatic carbocycles. The molecule has 2 heterocycles. The third-order valence-corrected chi connectivity index (χ3v) is 5.57. The molecule has 5 rings (SSSR count). The van der Waals surface area contributed by atoms with Crippen LogP contribution in [0.25, 0.3) is 33.1 Å². The van der Waals surface area contributed by atoms with Crippen molar-refractivity contribution in [2.24, 2.45) is 12.8 Å². The Morgan fingerprint density at radius 3 is 2.55 bits per heavy atom. The molecule has 0 amide bonds. The van der Waals surface area contributed by atoms with Crippen molar-refractivity contribution in [3.05, 3.63) is 94.0 Å². The molecule has 4 N–H and O–H groups in total. The molecule has 7 heteroatoms. The molecule has 0 unspecified atom stereocenters. The summed E-state index contributed by atoms with van der Waals surface area (Å²) in [6.07, 6.45) is 0.665. The highest BCUT2D eigenvalue weighted by Crippen LogP contribution is 2.28. The Balaban J connectivity index is 1.55. The molecule has 0 bridgehead atoms. The van der Waals surface area contributed by atoms with Crippen molar-refractivity contribution in [3.63, 3.8) is 0 Å². The first kappa shape index (κ1) is 18.7. The predicted octanol–water partition coefficient (Wildman–Crippen LogP) is 3.35. The third kappa shape index (κ3) is 3.26. The van der Waals surface area contributed by atoms with Crippen LogP contribution in [0.2, 0.25) is 0 Å².